The summed E-state index contributed by atoms with van der Waals surface area (Å²) in [6, 6.07) is 5.04. The number of amides is 2. The molecule has 124 valence electrons. The van der Waals surface area contributed by atoms with Gasteiger partial charge in [0.25, 0.3) is 5.91 Å². The number of rotatable bonds is 6. The largest absolute Gasteiger partial charge is 0.480 e. The first-order valence-corrected chi connectivity index (χ1v) is 7.89. The molecular weight excluding hydrogens is 352 g/mol. The highest BCUT2D eigenvalue weighted by atomic mass is 32.2. The Hall–Kier alpha value is -2.52. The zero-order valence-electron chi connectivity index (χ0n) is 12.2. The van der Waals surface area contributed by atoms with Gasteiger partial charge in [-0.2, -0.15) is 0 Å². The smallest absolute Gasteiger partial charge is 0.327 e. The zero-order chi connectivity index (χ0) is 17.9. The molecule has 2 amide bonds. The number of carbonyl (C=O) groups is 4. The summed E-state index contributed by atoms with van der Waals surface area (Å²) in [4.78, 5) is 46.6. The van der Waals surface area contributed by atoms with Gasteiger partial charge in [0, 0.05) is 5.56 Å². The van der Waals surface area contributed by atoms with Crippen molar-refractivity contribution in [2.24, 2.45) is 5.73 Å². The van der Waals surface area contributed by atoms with Crippen LogP contribution < -0.4 is 5.73 Å². The number of carboxylic acids is 1. The monoisotopic (exact) mass is 364 g/mol. The second kappa shape index (κ2) is 7.37. The van der Waals surface area contributed by atoms with Crippen LogP contribution in [0.15, 0.2) is 29.2 Å². The first-order valence-electron chi connectivity index (χ1n) is 6.67. The van der Waals surface area contributed by atoms with Crippen LogP contribution in [0, 0.1) is 0 Å². The van der Waals surface area contributed by atoms with E-state index in [1.807, 2.05) is 0 Å². The Morgan fingerprint density at radius 1 is 1.29 bits per heavy atom. The molecule has 3 N–H and O–H groups in total. The molecule has 0 spiro atoms. The molecule has 1 heterocycles. The number of thioether (sulfide) groups is 1. The van der Waals surface area contributed by atoms with Crippen molar-refractivity contribution in [1.29, 1.82) is 0 Å². The molecule has 1 aromatic rings. The summed E-state index contributed by atoms with van der Waals surface area (Å²) in [5.41, 5.74) is 6.19. The summed E-state index contributed by atoms with van der Waals surface area (Å²) in [6.45, 7) is 0. The summed E-state index contributed by atoms with van der Waals surface area (Å²) in [7, 11) is 0. The van der Waals surface area contributed by atoms with E-state index in [4.69, 9.17) is 18.0 Å². The van der Waals surface area contributed by atoms with Gasteiger partial charge in [-0.3, -0.25) is 19.3 Å². The number of aliphatic carboxylic acids is 1. The minimum Gasteiger partial charge on any atom is -0.480 e. The molecule has 7 nitrogen and oxygen atoms in total. The van der Waals surface area contributed by atoms with Gasteiger partial charge in [-0.15, -0.1) is 0 Å². The number of aldehydes is 1. The number of thiocarbonyl (C=S) groups is 1. The predicted molar refractivity (Wildman–Crippen MR) is 92.1 cm³/mol. The normalized spacial score (nSPS) is 17.2. The molecule has 1 saturated heterocycles. The SMILES string of the molecule is NC(=O)CC(C(=O)O)N1C(=O)C(=Cc2ccc(C=O)cc2)SC1=S. The highest BCUT2D eigenvalue weighted by Gasteiger charge is 2.41. The van der Waals surface area contributed by atoms with Gasteiger partial charge in [-0.05, 0) is 11.6 Å². The Balaban J connectivity index is 2.29. The molecule has 0 aliphatic carbocycles. The molecule has 9 heteroatoms. The van der Waals surface area contributed by atoms with Gasteiger partial charge in [0.1, 0.15) is 16.6 Å². The quantitative estimate of drug-likeness (QED) is 0.440. The van der Waals surface area contributed by atoms with E-state index in [0.29, 0.717) is 17.4 Å². The lowest BCUT2D eigenvalue weighted by Crippen LogP contribution is -2.46. The highest BCUT2D eigenvalue weighted by molar-refractivity contribution is 8.26. The van der Waals surface area contributed by atoms with E-state index in [0.717, 1.165) is 16.7 Å². The number of benzene rings is 1. The molecule has 0 saturated carbocycles. The minimum atomic E-state index is -1.43. The van der Waals surface area contributed by atoms with Crippen molar-refractivity contribution in [3.05, 3.63) is 40.3 Å². The lowest BCUT2D eigenvalue weighted by molar-refractivity contribution is -0.146. The van der Waals surface area contributed by atoms with Gasteiger partial charge in [-0.1, -0.05) is 48.2 Å². The molecule has 0 radical (unpaired) electrons. The maximum Gasteiger partial charge on any atom is 0.327 e. The van der Waals surface area contributed by atoms with Crippen molar-refractivity contribution in [1.82, 2.24) is 4.90 Å². The Kier molecular flexibility index (Phi) is 5.47. The molecule has 1 unspecified atom stereocenters. The topological polar surface area (TPSA) is 118 Å². The number of primary amides is 1. The van der Waals surface area contributed by atoms with Crippen LogP contribution in [-0.2, 0) is 14.4 Å². The van der Waals surface area contributed by atoms with Gasteiger partial charge < -0.3 is 10.8 Å². The second-order valence-corrected chi connectivity index (χ2v) is 6.54. The lowest BCUT2D eigenvalue weighted by atomic mass is 10.1. The lowest BCUT2D eigenvalue weighted by Gasteiger charge is -2.21. The van der Waals surface area contributed by atoms with E-state index in [-0.39, 0.29) is 9.23 Å². The molecule has 1 atom stereocenters. The van der Waals surface area contributed by atoms with Crippen molar-refractivity contribution in [2.75, 3.05) is 0 Å². The van der Waals surface area contributed by atoms with Gasteiger partial charge in [0.15, 0.2) is 0 Å². The average Bonchev–Trinajstić information content (AvgIpc) is 2.79. The van der Waals surface area contributed by atoms with Crippen LogP contribution in [0.1, 0.15) is 22.3 Å². The van der Waals surface area contributed by atoms with Crippen molar-refractivity contribution in [3.8, 4) is 0 Å². The van der Waals surface area contributed by atoms with Crippen LogP contribution in [0.25, 0.3) is 6.08 Å². The summed E-state index contributed by atoms with van der Waals surface area (Å²) in [5.74, 6) is -2.80. The summed E-state index contributed by atoms with van der Waals surface area (Å²) in [6.07, 6.45) is 1.71. The Labute approximate surface area is 146 Å². The molecule has 1 fully saturated rings. The molecule has 0 bridgehead atoms. The van der Waals surface area contributed by atoms with Crippen molar-refractivity contribution >= 4 is 58.4 Å². The molecule has 1 aliphatic heterocycles. The maximum absolute atomic E-state index is 12.4. The fourth-order valence-electron chi connectivity index (χ4n) is 2.05. The van der Waals surface area contributed by atoms with Gasteiger partial charge in [0.05, 0.1) is 11.3 Å². The summed E-state index contributed by atoms with van der Waals surface area (Å²) < 4.78 is 0.0458. The first kappa shape index (κ1) is 17.8. The molecule has 1 aromatic carbocycles. The van der Waals surface area contributed by atoms with E-state index in [9.17, 15) is 24.3 Å². The van der Waals surface area contributed by atoms with E-state index in [1.165, 1.54) is 6.08 Å². The minimum absolute atomic E-state index is 0.0458. The Morgan fingerprint density at radius 2 is 1.88 bits per heavy atom. The van der Waals surface area contributed by atoms with E-state index >= 15 is 0 Å². The molecule has 24 heavy (non-hydrogen) atoms. The number of nitrogens with two attached hydrogens (primary N) is 1. The maximum atomic E-state index is 12.4. The van der Waals surface area contributed by atoms with Crippen molar-refractivity contribution in [3.63, 3.8) is 0 Å². The summed E-state index contributed by atoms with van der Waals surface area (Å²) in [5, 5.41) is 9.23. The zero-order valence-corrected chi connectivity index (χ0v) is 13.8. The van der Waals surface area contributed by atoms with Crippen molar-refractivity contribution < 1.29 is 24.3 Å². The molecule has 1 aliphatic rings. The van der Waals surface area contributed by atoms with Crippen LogP contribution in [0.3, 0.4) is 0 Å². The fourth-order valence-corrected chi connectivity index (χ4v) is 3.41. The third-order valence-corrected chi connectivity index (χ3v) is 4.52. The fraction of sp³-hybridized carbons (Fsp3) is 0.133. The Bertz CT molecular complexity index is 758. The molecule has 0 aromatic heterocycles. The standard InChI is InChI=1S/C15H12N2O5S2/c16-12(19)6-10(14(21)22)17-13(20)11(24-15(17)23)5-8-1-3-9(7-18)4-2-8/h1-5,7,10H,6H2,(H2,16,19)(H,21,22). The third-order valence-electron chi connectivity index (χ3n) is 3.19. The molecular formula is C15H12N2O5S2. The number of hydrogen-bond donors (Lipinski definition) is 2. The molecule has 2 rings (SSSR count). The average molecular weight is 364 g/mol. The number of nitrogens with zero attached hydrogens (tertiary/aromatic N) is 1. The van der Waals surface area contributed by atoms with E-state index < -0.39 is 30.2 Å². The van der Waals surface area contributed by atoms with E-state index in [2.05, 4.69) is 0 Å². The number of carbonyl (C=O) groups excluding carboxylic acids is 3. The summed E-state index contributed by atoms with van der Waals surface area (Å²) >= 11 is 6.01. The Morgan fingerprint density at radius 3 is 2.38 bits per heavy atom. The van der Waals surface area contributed by atoms with Gasteiger partial charge in [-0.25, -0.2) is 4.79 Å². The van der Waals surface area contributed by atoms with E-state index in [1.54, 1.807) is 24.3 Å². The van der Waals surface area contributed by atoms with Gasteiger partial charge >= 0.3 is 5.97 Å². The first-order chi connectivity index (χ1) is 11.3. The predicted octanol–water partition coefficient (Wildman–Crippen LogP) is 1.03. The third kappa shape index (κ3) is 3.87. The van der Waals surface area contributed by atoms with Crippen LogP contribution in [-0.4, -0.2) is 44.4 Å². The number of hydrogen-bond acceptors (Lipinski definition) is 6. The second-order valence-electron chi connectivity index (χ2n) is 4.86. The van der Waals surface area contributed by atoms with Crippen LogP contribution in [0.4, 0.5) is 0 Å². The van der Waals surface area contributed by atoms with Gasteiger partial charge in [0.2, 0.25) is 5.91 Å². The van der Waals surface area contributed by atoms with Crippen LogP contribution in [0.5, 0.6) is 0 Å². The number of carboxylic acid groups (broad SMARTS) is 1. The van der Waals surface area contributed by atoms with Crippen LogP contribution in [0.2, 0.25) is 0 Å². The highest BCUT2D eigenvalue weighted by Crippen LogP contribution is 2.34. The van der Waals surface area contributed by atoms with Crippen molar-refractivity contribution in [2.45, 2.75) is 12.5 Å². The van der Waals surface area contributed by atoms with Crippen LogP contribution >= 0.6 is 24.0 Å².